The van der Waals surface area contributed by atoms with Crippen LogP contribution >= 0.6 is 0 Å². The number of hydrogen-bond acceptors (Lipinski definition) is 11. The van der Waals surface area contributed by atoms with Gasteiger partial charge in [0.2, 0.25) is 5.78 Å². The van der Waals surface area contributed by atoms with Crippen LogP contribution in [0, 0.1) is 17.8 Å². The van der Waals surface area contributed by atoms with Crippen molar-refractivity contribution in [3.05, 3.63) is 40.2 Å². The van der Waals surface area contributed by atoms with Gasteiger partial charge in [0.05, 0.1) is 23.4 Å². The molecule has 6 atom stereocenters. The van der Waals surface area contributed by atoms with Crippen molar-refractivity contribution in [1.29, 1.82) is 0 Å². The fourth-order valence-corrected chi connectivity index (χ4v) is 7.41. The van der Waals surface area contributed by atoms with Gasteiger partial charge >= 0.3 is 5.97 Å². The lowest BCUT2D eigenvalue weighted by Gasteiger charge is -2.54. The molecule has 0 bridgehead atoms. The lowest BCUT2D eigenvalue weighted by atomic mass is 9.54. The van der Waals surface area contributed by atoms with Crippen molar-refractivity contribution in [2.75, 3.05) is 19.8 Å². The van der Waals surface area contributed by atoms with E-state index < -0.39 is 87.5 Å². The lowest BCUT2D eigenvalue weighted by molar-refractivity contribution is -0.188. The summed E-state index contributed by atoms with van der Waals surface area (Å²) in [4.78, 5) is 55.2. The average Bonchev–Trinajstić information content (AvgIpc) is 2.91. The number of rotatable bonds is 4. The number of primary amides is 1. The zero-order valence-electron chi connectivity index (χ0n) is 23.1. The molecule has 12 nitrogen and oxygen atoms in total. The maximum atomic E-state index is 14.3. The maximum Gasteiger partial charge on any atom is 0.309 e. The predicted molar refractivity (Wildman–Crippen MR) is 145 cm³/mol. The number of phenolic OH excluding ortho intramolecular Hbond substituents is 1. The van der Waals surface area contributed by atoms with Crippen LogP contribution < -0.4 is 11.5 Å². The summed E-state index contributed by atoms with van der Waals surface area (Å²) >= 11 is 0. The number of ether oxygens (including phenoxy) is 1. The fraction of sp³-hybridized carbons (Fsp3) is 0.517. The van der Waals surface area contributed by atoms with E-state index in [9.17, 15) is 39.6 Å². The first kappa shape index (κ1) is 28.6. The van der Waals surface area contributed by atoms with E-state index in [1.165, 1.54) is 31.1 Å². The summed E-state index contributed by atoms with van der Waals surface area (Å²) in [6.45, 7) is 1.67. The number of phenols is 1. The summed E-state index contributed by atoms with van der Waals surface area (Å²) in [7, 11) is 2.96. The van der Waals surface area contributed by atoms with E-state index in [-0.39, 0.29) is 17.0 Å². The van der Waals surface area contributed by atoms with Crippen molar-refractivity contribution in [3.8, 4) is 5.75 Å². The van der Waals surface area contributed by atoms with Gasteiger partial charge in [0.15, 0.2) is 11.4 Å². The summed E-state index contributed by atoms with van der Waals surface area (Å²) in [6, 6.07) is 1.26. The van der Waals surface area contributed by atoms with E-state index in [4.69, 9.17) is 16.2 Å². The molecular formula is C29H35N3O9. The van der Waals surface area contributed by atoms with Crippen LogP contribution in [0.1, 0.15) is 56.1 Å². The number of nitrogen functional groups attached to an aromatic ring is 1. The van der Waals surface area contributed by atoms with Crippen molar-refractivity contribution in [2.45, 2.75) is 62.7 Å². The van der Waals surface area contributed by atoms with Gasteiger partial charge in [-0.3, -0.25) is 24.1 Å². The molecule has 2 fully saturated rings. The molecule has 2 saturated carbocycles. The Kier molecular flexibility index (Phi) is 6.90. The Morgan fingerprint density at radius 1 is 1.07 bits per heavy atom. The number of nitrogens with two attached hydrogens (primary N) is 2. The number of aromatic hydroxyl groups is 1. The quantitative estimate of drug-likeness (QED) is 0.131. The summed E-state index contributed by atoms with van der Waals surface area (Å²) in [5.41, 5.74) is 7.69. The van der Waals surface area contributed by atoms with Gasteiger partial charge in [-0.05, 0) is 50.6 Å². The van der Waals surface area contributed by atoms with Crippen molar-refractivity contribution in [1.82, 2.24) is 4.90 Å². The number of esters is 1. The van der Waals surface area contributed by atoms with E-state index in [1.807, 2.05) is 0 Å². The predicted octanol–water partition coefficient (Wildman–Crippen LogP) is 1.21. The summed E-state index contributed by atoms with van der Waals surface area (Å²) in [5, 5.41) is 45.5. The number of hydrogen-bond donors (Lipinski definition) is 6. The molecule has 1 aromatic rings. The second-order valence-corrected chi connectivity index (χ2v) is 11.8. The summed E-state index contributed by atoms with van der Waals surface area (Å²) < 4.78 is 6.13. The van der Waals surface area contributed by atoms with Gasteiger partial charge in [-0.2, -0.15) is 0 Å². The molecule has 6 unspecified atom stereocenters. The molecule has 8 N–H and O–H groups in total. The zero-order valence-corrected chi connectivity index (χ0v) is 23.1. The van der Waals surface area contributed by atoms with E-state index in [1.54, 1.807) is 6.92 Å². The van der Waals surface area contributed by atoms with Gasteiger partial charge in [0.1, 0.15) is 28.9 Å². The highest BCUT2D eigenvalue weighted by molar-refractivity contribution is 6.24. The second-order valence-electron chi connectivity index (χ2n) is 11.8. The number of fused-ring (bicyclic) bond motifs is 3. The van der Waals surface area contributed by atoms with Crippen molar-refractivity contribution >= 4 is 34.9 Å². The third kappa shape index (κ3) is 3.95. The summed E-state index contributed by atoms with van der Waals surface area (Å²) in [5.74, 6) is -10.4. The van der Waals surface area contributed by atoms with Gasteiger partial charge in [0, 0.05) is 17.2 Å². The highest BCUT2D eigenvalue weighted by Gasteiger charge is 2.69. The minimum Gasteiger partial charge on any atom is -0.508 e. The molecule has 0 aromatic heterocycles. The number of Topliss-reactive ketones (excluding diaryl/α,β-unsaturated/α-hetero) is 2. The van der Waals surface area contributed by atoms with Gasteiger partial charge in [-0.15, -0.1) is 0 Å². The van der Waals surface area contributed by atoms with Crippen LogP contribution in [0.15, 0.2) is 29.0 Å². The van der Waals surface area contributed by atoms with Gasteiger partial charge < -0.3 is 36.6 Å². The monoisotopic (exact) mass is 569 g/mol. The minimum atomic E-state index is -2.97. The average molecular weight is 570 g/mol. The Morgan fingerprint density at radius 3 is 2.29 bits per heavy atom. The molecule has 4 aliphatic carbocycles. The first-order valence-corrected chi connectivity index (χ1v) is 13.7. The number of ketones is 2. The molecule has 41 heavy (non-hydrogen) atoms. The number of nitrogens with zero attached hydrogens (tertiary/aromatic N) is 1. The number of carbonyl (C=O) groups is 4. The molecule has 0 heterocycles. The smallest absolute Gasteiger partial charge is 0.309 e. The molecule has 1 aromatic carbocycles. The molecular weight excluding hydrogens is 534 g/mol. The number of amides is 1. The Hall–Kier alpha value is -3.90. The summed E-state index contributed by atoms with van der Waals surface area (Å²) in [6.07, 6.45) is 2.30. The third-order valence-corrected chi connectivity index (χ3v) is 9.30. The Morgan fingerprint density at radius 2 is 1.71 bits per heavy atom. The maximum absolute atomic E-state index is 14.3. The number of benzene rings is 1. The molecule has 0 spiro atoms. The van der Waals surface area contributed by atoms with Crippen molar-refractivity contribution < 1.29 is 44.3 Å². The number of aliphatic hydroxyl groups excluding tert-OH is 2. The SMILES string of the molecule is CC1c2c(N)ccc(O)c2C(O)=C2C(=O)C3(O)C(O)=C(C(N)=O)C(=O)C(N(C)C)C3C(OC(=O)C3CCCCC3)C21. The standard InChI is InChI=1S/C29H35N3O9/c1-11-15-13(30)9-10-14(33)17(15)22(34)18-16(11)24(41-28(39)12-7-5-4-6-8-12)20-21(32(2)3)23(35)19(27(31)38)26(37)29(20,40)25(18)36/h9-12,16,20-21,24,33-34,37,40H,4-8,30H2,1-3H3,(H2,31,38). The zero-order chi connectivity index (χ0) is 30.1. The molecule has 220 valence electrons. The van der Waals surface area contributed by atoms with Crippen LogP contribution in [0.25, 0.3) is 5.76 Å². The van der Waals surface area contributed by atoms with E-state index >= 15 is 0 Å². The first-order valence-electron chi connectivity index (χ1n) is 13.7. The van der Waals surface area contributed by atoms with E-state index in [2.05, 4.69) is 0 Å². The van der Waals surface area contributed by atoms with Gasteiger partial charge in [-0.25, -0.2) is 0 Å². The molecule has 0 aliphatic heterocycles. The molecule has 5 rings (SSSR count). The number of likely N-dealkylation sites (N-methyl/N-ethyl adjacent to an activating group) is 1. The highest BCUT2D eigenvalue weighted by atomic mass is 16.5. The molecule has 1 amide bonds. The minimum absolute atomic E-state index is 0.133. The molecule has 12 heteroatoms. The molecule has 4 aliphatic rings. The van der Waals surface area contributed by atoms with Crippen LogP contribution in [0.3, 0.4) is 0 Å². The van der Waals surface area contributed by atoms with Crippen molar-refractivity contribution in [2.24, 2.45) is 23.5 Å². The van der Waals surface area contributed by atoms with Crippen LogP contribution in [0.5, 0.6) is 5.75 Å². The van der Waals surface area contributed by atoms with Crippen LogP contribution in [0.2, 0.25) is 0 Å². The van der Waals surface area contributed by atoms with E-state index in [0.717, 1.165) is 19.3 Å². The Balaban J connectivity index is 1.81. The lowest BCUT2D eigenvalue weighted by Crippen LogP contribution is -2.71. The van der Waals surface area contributed by atoms with Gasteiger partial charge in [0.25, 0.3) is 5.91 Å². The van der Waals surface area contributed by atoms with Crippen molar-refractivity contribution in [3.63, 3.8) is 0 Å². The molecule has 0 radical (unpaired) electrons. The third-order valence-electron chi connectivity index (χ3n) is 9.30. The Labute approximate surface area is 236 Å². The largest absolute Gasteiger partial charge is 0.508 e. The highest BCUT2D eigenvalue weighted by Crippen LogP contribution is 2.58. The molecule has 0 saturated heterocycles. The fourth-order valence-electron chi connectivity index (χ4n) is 7.41. The first-order chi connectivity index (χ1) is 19.2. The second kappa shape index (κ2) is 9.88. The normalized spacial score (nSPS) is 32.0. The van der Waals surface area contributed by atoms with Crippen LogP contribution in [-0.2, 0) is 23.9 Å². The van der Waals surface area contributed by atoms with Gasteiger partial charge in [-0.1, -0.05) is 26.2 Å². The van der Waals surface area contributed by atoms with E-state index in [0.29, 0.717) is 18.4 Å². The Bertz CT molecular complexity index is 1420. The number of aliphatic hydroxyl groups is 3. The number of carbonyl (C=O) groups excluding carboxylic acids is 4. The van der Waals surface area contributed by atoms with Crippen LogP contribution in [-0.4, -0.2) is 80.6 Å². The van der Waals surface area contributed by atoms with Crippen LogP contribution in [0.4, 0.5) is 5.69 Å². The number of anilines is 1. The topological polar surface area (TPSA) is 214 Å².